The average Bonchev–Trinajstić information content (AvgIpc) is 2.47. The second-order valence-electron chi connectivity index (χ2n) is 2.60. The van der Waals surface area contributed by atoms with E-state index in [0.717, 1.165) is 24.9 Å². The van der Waals surface area contributed by atoms with Gasteiger partial charge in [-0.3, -0.25) is 0 Å². The van der Waals surface area contributed by atoms with Crippen LogP contribution in [0.25, 0.3) is 11.0 Å². The molecule has 0 aliphatic rings. The Morgan fingerprint density at radius 3 is 3.00 bits per heavy atom. The molecule has 13 heavy (non-hydrogen) atoms. The summed E-state index contributed by atoms with van der Waals surface area (Å²) in [6.45, 7) is 0. The van der Waals surface area contributed by atoms with E-state index in [1.165, 1.54) is 0 Å². The normalized spacial score (nSPS) is 11.0. The van der Waals surface area contributed by atoms with Gasteiger partial charge in [0.05, 0.1) is 11.4 Å². The lowest BCUT2D eigenvalue weighted by molar-refractivity contribution is 1.13. The number of nitrogens with zero attached hydrogens (tertiary/aromatic N) is 1. The van der Waals surface area contributed by atoms with Crippen molar-refractivity contribution in [1.82, 2.24) is 9.97 Å². The third kappa shape index (κ3) is 1.85. The van der Waals surface area contributed by atoms with Crippen molar-refractivity contribution < 1.29 is 0 Å². The van der Waals surface area contributed by atoms with Gasteiger partial charge in [-0.25, -0.2) is 4.98 Å². The number of fused-ring (bicyclic) bond motifs is 1. The molecule has 0 atom stereocenters. The lowest BCUT2D eigenvalue weighted by Crippen LogP contribution is -1.78. The molecular weight excluding hydrogens is 366 g/mol. The molecule has 0 aliphatic heterocycles. The summed E-state index contributed by atoms with van der Waals surface area (Å²) in [4.78, 5) is 7.51. The maximum absolute atomic E-state index is 5.68. The van der Waals surface area contributed by atoms with Crippen molar-refractivity contribution in [2.75, 3.05) is 0 Å². The van der Waals surface area contributed by atoms with Crippen LogP contribution in [0.15, 0.2) is 16.6 Å². The van der Waals surface area contributed by atoms with Gasteiger partial charge >= 0.3 is 0 Å². The molecule has 68 valence electrons. The molecule has 0 unspecified atom stereocenters. The fourth-order valence-corrected chi connectivity index (χ4v) is 2.92. The van der Waals surface area contributed by atoms with Crippen LogP contribution in [0.1, 0.15) is 5.82 Å². The third-order valence-electron chi connectivity index (χ3n) is 1.68. The number of hydrogen-bond acceptors (Lipinski definition) is 1. The van der Waals surface area contributed by atoms with Crippen molar-refractivity contribution in [3.63, 3.8) is 0 Å². The smallest absolute Gasteiger partial charge is 0.122 e. The second-order valence-corrected chi connectivity index (χ2v) is 4.95. The van der Waals surface area contributed by atoms with E-state index in [0.29, 0.717) is 5.88 Å². The van der Waals surface area contributed by atoms with E-state index in [2.05, 4.69) is 48.5 Å². The minimum Gasteiger partial charge on any atom is -0.341 e. The fraction of sp³-hybridized carbons (Fsp3) is 0.125. The van der Waals surface area contributed by atoms with Crippen molar-refractivity contribution >= 4 is 61.2 Å². The Bertz CT molecular complexity index is 455. The van der Waals surface area contributed by atoms with Crippen LogP contribution in [0.3, 0.4) is 0 Å². The molecule has 2 rings (SSSR count). The molecule has 5 heteroatoms. The van der Waals surface area contributed by atoms with Crippen LogP contribution in [0.5, 0.6) is 0 Å². The number of H-pyrrole nitrogens is 1. The van der Waals surface area contributed by atoms with E-state index in [-0.39, 0.29) is 0 Å². The van der Waals surface area contributed by atoms with Gasteiger partial charge in [0.1, 0.15) is 11.3 Å². The summed E-state index contributed by atoms with van der Waals surface area (Å²) < 4.78 is 2.17. The third-order valence-corrected chi connectivity index (χ3v) is 3.21. The largest absolute Gasteiger partial charge is 0.341 e. The highest BCUT2D eigenvalue weighted by Crippen LogP contribution is 2.24. The molecule has 1 heterocycles. The molecular formula is C8H5BrClIN2. The molecule has 0 radical (unpaired) electrons. The van der Waals surface area contributed by atoms with Gasteiger partial charge in [0.25, 0.3) is 0 Å². The Balaban J connectivity index is 2.75. The summed E-state index contributed by atoms with van der Waals surface area (Å²) in [6, 6.07) is 4.03. The quantitative estimate of drug-likeness (QED) is 0.601. The number of aromatic nitrogens is 2. The van der Waals surface area contributed by atoms with E-state index >= 15 is 0 Å². The molecule has 0 spiro atoms. The number of aromatic amines is 1. The summed E-state index contributed by atoms with van der Waals surface area (Å²) in [5, 5.41) is 0. The Kier molecular flexibility index (Phi) is 2.80. The number of rotatable bonds is 1. The Morgan fingerprint density at radius 1 is 1.54 bits per heavy atom. The number of alkyl halides is 1. The number of imidazole rings is 1. The first-order chi connectivity index (χ1) is 6.20. The van der Waals surface area contributed by atoms with Gasteiger partial charge in [0.15, 0.2) is 0 Å². The maximum atomic E-state index is 5.68. The van der Waals surface area contributed by atoms with E-state index < -0.39 is 0 Å². The molecule has 0 amide bonds. The summed E-state index contributed by atoms with van der Waals surface area (Å²) in [6.07, 6.45) is 0. The predicted octanol–water partition coefficient (Wildman–Crippen LogP) is 3.67. The van der Waals surface area contributed by atoms with Gasteiger partial charge < -0.3 is 4.98 Å². The van der Waals surface area contributed by atoms with Crippen LogP contribution in [-0.4, -0.2) is 9.97 Å². The number of halogens is 3. The van der Waals surface area contributed by atoms with Crippen molar-refractivity contribution in [3.05, 3.63) is 26.0 Å². The van der Waals surface area contributed by atoms with Crippen molar-refractivity contribution in [1.29, 1.82) is 0 Å². The molecule has 2 aromatic rings. The molecule has 0 saturated carbocycles. The van der Waals surface area contributed by atoms with Crippen LogP contribution in [0, 0.1) is 3.57 Å². The number of hydrogen-bond donors (Lipinski definition) is 1. The minimum atomic E-state index is 0.419. The zero-order valence-electron chi connectivity index (χ0n) is 6.44. The van der Waals surface area contributed by atoms with E-state index in [4.69, 9.17) is 11.6 Å². The van der Waals surface area contributed by atoms with Gasteiger partial charge in [0.2, 0.25) is 0 Å². The molecule has 0 fully saturated rings. The number of benzene rings is 1. The molecule has 0 aliphatic carbocycles. The van der Waals surface area contributed by atoms with Crippen LogP contribution in [0.4, 0.5) is 0 Å². The van der Waals surface area contributed by atoms with Crippen molar-refractivity contribution in [3.8, 4) is 0 Å². The SMILES string of the molecule is ClCc1nc2c(I)cc(Br)cc2[nH]1. The summed E-state index contributed by atoms with van der Waals surface area (Å²) in [5.41, 5.74) is 2.01. The van der Waals surface area contributed by atoms with Crippen LogP contribution < -0.4 is 0 Å². The van der Waals surface area contributed by atoms with Crippen LogP contribution in [0.2, 0.25) is 0 Å². The molecule has 0 bridgehead atoms. The Hall–Kier alpha value is 0.190. The van der Waals surface area contributed by atoms with Gasteiger partial charge in [-0.2, -0.15) is 0 Å². The highest BCUT2D eigenvalue weighted by molar-refractivity contribution is 14.1. The summed E-state index contributed by atoms with van der Waals surface area (Å²) in [5.74, 6) is 1.23. The maximum Gasteiger partial charge on any atom is 0.122 e. The van der Waals surface area contributed by atoms with Gasteiger partial charge in [-0.15, -0.1) is 11.6 Å². The second kappa shape index (κ2) is 3.74. The molecule has 2 nitrogen and oxygen atoms in total. The topological polar surface area (TPSA) is 28.7 Å². The minimum absolute atomic E-state index is 0.419. The average molecular weight is 371 g/mol. The molecule has 1 N–H and O–H groups in total. The summed E-state index contributed by atoms with van der Waals surface area (Å²) in [7, 11) is 0. The fourth-order valence-electron chi connectivity index (χ4n) is 1.16. The van der Waals surface area contributed by atoms with Crippen molar-refractivity contribution in [2.45, 2.75) is 5.88 Å². The first-order valence-electron chi connectivity index (χ1n) is 3.60. The van der Waals surface area contributed by atoms with Crippen molar-refractivity contribution in [2.24, 2.45) is 0 Å². The lowest BCUT2D eigenvalue weighted by Gasteiger charge is -1.93. The van der Waals surface area contributed by atoms with Gasteiger partial charge in [-0.05, 0) is 34.7 Å². The van der Waals surface area contributed by atoms with E-state index in [1.807, 2.05) is 12.1 Å². The molecule has 1 aromatic heterocycles. The van der Waals surface area contributed by atoms with Crippen LogP contribution in [-0.2, 0) is 5.88 Å². The first kappa shape index (κ1) is 9.73. The zero-order valence-corrected chi connectivity index (χ0v) is 10.9. The predicted molar refractivity (Wildman–Crippen MR) is 66.1 cm³/mol. The first-order valence-corrected chi connectivity index (χ1v) is 6.01. The monoisotopic (exact) mass is 370 g/mol. The summed E-state index contributed by atoms with van der Waals surface area (Å²) >= 11 is 11.4. The molecule has 1 aromatic carbocycles. The highest BCUT2D eigenvalue weighted by Gasteiger charge is 2.05. The van der Waals surface area contributed by atoms with Crippen LogP contribution >= 0.6 is 50.1 Å². The van der Waals surface area contributed by atoms with E-state index in [1.54, 1.807) is 0 Å². The zero-order chi connectivity index (χ0) is 9.42. The molecule has 0 saturated heterocycles. The van der Waals surface area contributed by atoms with Gasteiger partial charge in [0, 0.05) is 8.04 Å². The van der Waals surface area contributed by atoms with E-state index in [9.17, 15) is 0 Å². The highest BCUT2D eigenvalue weighted by atomic mass is 127. The Labute approximate surface area is 102 Å². The lowest BCUT2D eigenvalue weighted by atomic mass is 10.3. The Morgan fingerprint density at radius 2 is 2.31 bits per heavy atom. The standard InChI is InChI=1S/C8H5BrClIN2/c9-4-1-5(11)8-6(2-4)12-7(3-10)13-8/h1-2H,3H2,(H,12,13). The van der Waals surface area contributed by atoms with Gasteiger partial charge in [-0.1, -0.05) is 15.9 Å². The number of nitrogens with one attached hydrogen (secondary N) is 1.